The molecule has 10 heteroatoms. The predicted octanol–water partition coefficient (Wildman–Crippen LogP) is 3.97. The van der Waals surface area contributed by atoms with Crippen molar-refractivity contribution < 1.29 is 22.4 Å². The summed E-state index contributed by atoms with van der Waals surface area (Å²) in [4.78, 5) is 27.9. The molecule has 0 spiro atoms. The van der Waals surface area contributed by atoms with Crippen LogP contribution in [0.5, 0.6) is 0 Å². The quantitative estimate of drug-likeness (QED) is 0.494. The van der Waals surface area contributed by atoms with E-state index in [1.54, 1.807) is 31.2 Å². The van der Waals surface area contributed by atoms with Gasteiger partial charge in [0.2, 0.25) is 21.8 Å². The Kier molecular flexibility index (Phi) is 9.88. The van der Waals surface area contributed by atoms with Gasteiger partial charge < -0.3 is 10.2 Å². The van der Waals surface area contributed by atoms with Crippen LogP contribution < -0.4 is 9.62 Å². The van der Waals surface area contributed by atoms with Crippen molar-refractivity contribution in [1.82, 2.24) is 10.2 Å². The number of halogens is 2. The van der Waals surface area contributed by atoms with Crippen LogP contribution in [0.3, 0.4) is 0 Å². The molecule has 0 fully saturated rings. The average Bonchev–Trinajstić information content (AvgIpc) is 2.78. The van der Waals surface area contributed by atoms with E-state index in [2.05, 4.69) is 5.32 Å². The Morgan fingerprint density at radius 3 is 2.21 bits per heavy atom. The standard InChI is InChI=1S/C24H31ClFN3O4S/c1-5-17(3)27-24(31)22(6-2)28(15-18-9-7-8-10-21(18)25)23(30)16-29(34(4,32)33)20-13-11-19(26)12-14-20/h7-14,17,22H,5-6,15-16H2,1-4H3,(H,27,31)/t17-,22-/m1/s1. The average molecular weight is 512 g/mol. The molecule has 0 aliphatic rings. The van der Waals surface area contributed by atoms with Crippen LogP contribution in [-0.4, -0.2) is 50.0 Å². The van der Waals surface area contributed by atoms with Crippen molar-refractivity contribution in [1.29, 1.82) is 0 Å². The van der Waals surface area contributed by atoms with Gasteiger partial charge in [-0.25, -0.2) is 12.8 Å². The van der Waals surface area contributed by atoms with E-state index in [-0.39, 0.29) is 24.2 Å². The zero-order chi connectivity index (χ0) is 25.5. The first-order valence-corrected chi connectivity index (χ1v) is 13.3. The maximum atomic E-state index is 13.5. The first-order valence-electron chi connectivity index (χ1n) is 11.0. The summed E-state index contributed by atoms with van der Waals surface area (Å²) in [5.41, 5.74) is 0.770. The molecule has 186 valence electrons. The van der Waals surface area contributed by atoms with Gasteiger partial charge in [0.1, 0.15) is 18.4 Å². The van der Waals surface area contributed by atoms with Crippen molar-refractivity contribution >= 4 is 39.1 Å². The van der Waals surface area contributed by atoms with Crippen molar-refractivity contribution in [2.75, 3.05) is 17.1 Å². The molecule has 2 aromatic rings. The number of hydrogen-bond donors (Lipinski definition) is 1. The van der Waals surface area contributed by atoms with Crippen LogP contribution in [0.15, 0.2) is 48.5 Å². The lowest BCUT2D eigenvalue weighted by Gasteiger charge is -2.33. The second-order valence-corrected chi connectivity index (χ2v) is 10.4. The molecule has 0 radical (unpaired) electrons. The van der Waals surface area contributed by atoms with Gasteiger partial charge in [-0.15, -0.1) is 0 Å². The fourth-order valence-electron chi connectivity index (χ4n) is 3.39. The van der Waals surface area contributed by atoms with Crippen molar-refractivity contribution in [3.8, 4) is 0 Å². The number of nitrogens with one attached hydrogen (secondary N) is 1. The molecule has 0 bridgehead atoms. The van der Waals surface area contributed by atoms with Crippen LogP contribution in [0.2, 0.25) is 5.02 Å². The van der Waals surface area contributed by atoms with Gasteiger partial charge >= 0.3 is 0 Å². The van der Waals surface area contributed by atoms with E-state index >= 15 is 0 Å². The van der Waals surface area contributed by atoms with Crippen molar-refractivity contribution in [3.05, 3.63) is 64.9 Å². The molecular formula is C24H31ClFN3O4S. The molecule has 2 amide bonds. The minimum atomic E-state index is -3.88. The van der Waals surface area contributed by atoms with Crippen molar-refractivity contribution in [2.45, 2.75) is 52.2 Å². The van der Waals surface area contributed by atoms with Gasteiger partial charge in [-0.05, 0) is 55.7 Å². The second kappa shape index (κ2) is 12.2. The number of nitrogens with zero attached hydrogens (tertiary/aromatic N) is 2. The molecule has 0 aromatic heterocycles. The minimum absolute atomic E-state index is 0.0198. The van der Waals surface area contributed by atoms with Crippen LogP contribution in [0, 0.1) is 5.82 Å². The maximum Gasteiger partial charge on any atom is 0.244 e. The van der Waals surface area contributed by atoms with Gasteiger partial charge in [0, 0.05) is 17.6 Å². The van der Waals surface area contributed by atoms with Crippen molar-refractivity contribution in [2.24, 2.45) is 0 Å². The van der Waals surface area contributed by atoms with Gasteiger partial charge in [-0.2, -0.15) is 0 Å². The largest absolute Gasteiger partial charge is 0.352 e. The molecule has 0 aliphatic heterocycles. The third kappa shape index (κ3) is 7.43. The van der Waals surface area contributed by atoms with E-state index in [0.29, 0.717) is 23.4 Å². The molecule has 1 N–H and O–H groups in total. The SMILES string of the molecule is CC[C@@H](C)NC(=O)[C@@H](CC)N(Cc1ccccc1Cl)C(=O)CN(c1ccc(F)cc1)S(C)(=O)=O. The second-order valence-electron chi connectivity index (χ2n) is 8.10. The maximum absolute atomic E-state index is 13.5. The van der Waals surface area contributed by atoms with Crippen LogP contribution in [-0.2, 0) is 26.2 Å². The molecule has 2 aromatic carbocycles. The summed E-state index contributed by atoms with van der Waals surface area (Å²) >= 11 is 6.32. The highest BCUT2D eigenvalue weighted by atomic mass is 35.5. The van der Waals surface area contributed by atoms with Crippen LogP contribution >= 0.6 is 11.6 Å². The number of benzene rings is 2. The summed E-state index contributed by atoms with van der Waals surface area (Å²) in [6.45, 7) is 5.05. The Morgan fingerprint density at radius 2 is 1.68 bits per heavy atom. The highest BCUT2D eigenvalue weighted by Gasteiger charge is 2.32. The van der Waals surface area contributed by atoms with Crippen LogP contribution in [0.4, 0.5) is 10.1 Å². The lowest BCUT2D eigenvalue weighted by molar-refractivity contribution is -0.140. The Balaban J connectivity index is 2.44. The zero-order valence-corrected chi connectivity index (χ0v) is 21.4. The number of rotatable bonds is 11. The van der Waals surface area contributed by atoms with Gasteiger partial charge in [-0.3, -0.25) is 13.9 Å². The molecular weight excluding hydrogens is 481 g/mol. The molecule has 0 unspecified atom stereocenters. The number of anilines is 1. The Hall–Kier alpha value is -2.65. The minimum Gasteiger partial charge on any atom is -0.352 e. The predicted molar refractivity (Wildman–Crippen MR) is 133 cm³/mol. The smallest absolute Gasteiger partial charge is 0.244 e. The molecule has 0 saturated heterocycles. The summed E-state index contributed by atoms with van der Waals surface area (Å²) in [5, 5.41) is 3.33. The normalized spacial score (nSPS) is 13.1. The third-order valence-electron chi connectivity index (χ3n) is 5.48. The van der Waals surface area contributed by atoms with E-state index in [1.165, 1.54) is 17.0 Å². The van der Waals surface area contributed by atoms with Gasteiger partial charge in [0.25, 0.3) is 0 Å². The highest BCUT2D eigenvalue weighted by molar-refractivity contribution is 7.92. The molecule has 0 saturated carbocycles. The third-order valence-corrected chi connectivity index (χ3v) is 6.99. The summed E-state index contributed by atoms with van der Waals surface area (Å²) < 4.78 is 39.3. The lowest BCUT2D eigenvalue weighted by Crippen LogP contribution is -2.53. The molecule has 2 atom stereocenters. The van der Waals surface area contributed by atoms with Gasteiger partial charge in [0.15, 0.2) is 0 Å². The zero-order valence-electron chi connectivity index (χ0n) is 19.8. The summed E-state index contributed by atoms with van der Waals surface area (Å²) in [7, 11) is -3.88. The molecule has 0 heterocycles. The van der Waals surface area contributed by atoms with E-state index in [1.807, 2.05) is 13.8 Å². The number of sulfonamides is 1. The van der Waals surface area contributed by atoms with Gasteiger partial charge in [0.05, 0.1) is 11.9 Å². The fraction of sp³-hybridized carbons (Fsp3) is 0.417. The topological polar surface area (TPSA) is 86.8 Å². The Bertz CT molecular complexity index is 1100. The molecule has 0 aliphatic carbocycles. The molecule has 7 nitrogen and oxygen atoms in total. The first-order chi connectivity index (χ1) is 16.0. The van der Waals surface area contributed by atoms with Crippen LogP contribution in [0.25, 0.3) is 0 Å². The van der Waals surface area contributed by atoms with E-state index < -0.39 is 34.3 Å². The van der Waals surface area contributed by atoms with Crippen molar-refractivity contribution in [3.63, 3.8) is 0 Å². The Morgan fingerprint density at radius 1 is 1.06 bits per heavy atom. The van der Waals surface area contributed by atoms with Crippen LogP contribution in [0.1, 0.15) is 39.2 Å². The number of carbonyl (C=O) groups excluding carboxylic acids is 2. The van der Waals surface area contributed by atoms with E-state index in [0.717, 1.165) is 22.7 Å². The number of hydrogen-bond acceptors (Lipinski definition) is 4. The highest BCUT2D eigenvalue weighted by Crippen LogP contribution is 2.22. The lowest BCUT2D eigenvalue weighted by atomic mass is 10.1. The molecule has 2 rings (SSSR count). The summed E-state index contributed by atoms with van der Waals surface area (Å²) in [5.74, 6) is -1.44. The van der Waals surface area contributed by atoms with E-state index in [9.17, 15) is 22.4 Å². The van der Waals surface area contributed by atoms with E-state index in [4.69, 9.17) is 11.6 Å². The number of amides is 2. The number of carbonyl (C=O) groups is 2. The monoisotopic (exact) mass is 511 g/mol. The summed E-state index contributed by atoms with van der Waals surface area (Å²) in [6, 6.07) is 10.8. The fourth-order valence-corrected chi connectivity index (χ4v) is 4.44. The molecule has 34 heavy (non-hydrogen) atoms. The van der Waals surface area contributed by atoms with Gasteiger partial charge in [-0.1, -0.05) is 43.6 Å². The Labute approximate surface area is 205 Å². The first kappa shape index (κ1) is 27.6. The summed E-state index contributed by atoms with van der Waals surface area (Å²) in [6.07, 6.45) is 2.00.